The Morgan fingerprint density at radius 2 is 2.17 bits per heavy atom. The fourth-order valence-electron chi connectivity index (χ4n) is 1.86. The van der Waals surface area contributed by atoms with Gasteiger partial charge in [0.25, 0.3) is 0 Å². The Balaban J connectivity index is 2.00. The molecule has 2 aromatic heterocycles. The third kappa shape index (κ3) is 3.56. The molecule has 0 fully saturated rings. The van der Waals surface area contributed by atoms with Crippen LogP contribution in [0.25, 0.3) is 10.2 Å². The summed E-state index contributed by atoms with van der Waals surface area (Å²) in [6, 6.07) is 2.00. The maximum atomic E-state index is 6.34. The van der Waals surface area contributed by atoms with Crippen molar-refractivity contribution >= 4 is 39.0 Å². The van der Waals surface area contributed by atoms with E-state index in [4.69, 9.17) is 11.6 Å². The fraction of sp³-hybridized carbons (Fsp3) is 0.538. The maximum Gasteiger partial charge on any atom is 0.147 e. The molecule has 1 unspecified atom stereocenters. The van der Waals surface area contributed by atoms with Crippen LogP contribution >= 0.6 is 22.9 Å². The molecule has 2 aromatic rings. The van der Waals surface area contributed by atoms with E-state index in [1.54, 1.807) is 17.7 Å². The van der Waals surface area contributed by atoms with Crippen LogP contribution in [0.5, 0.6) is 0 Å². The van der Waals surface area contributed by atoms with Gasteiger partial charge in [-0.1, -0.05) is 20.8 Å². The van der Waals surface area contributed by atoms with Crippen LogP contribution in [0, 0.1) is 5.41 Å². The van der Waals surface area contributed by atoms with E-state index in [1.165, 1.54) is 0 Å². The van der Waals surface area contributed by atoms with E-state index in [9.17, 15) is 0 Å². The summed E-state index contributed by atoms with van der Waals surface area (Å²) >= 11 is 7.99. The van der Waals surface area contributed by atoms with Gasteiger partial charge in [0.05, 0.1) is 15.6 Å². The SMILES string of the molecule is CC(C)(C)CC(Cl)CNc1ncnc2ccsc12. The first-order chi connectivity index (χ1) is 8.46. The lowest BCUT2D eigenvalue weighted by molar-refractivity contribution is 0.373. The van der Waals surface area contributed by atoms with E-state index < -0.39 is 0 Å². The Morgan fingerprint density at radius 3 is 2.89 bits per heavy atom. The second-order valence-corrected chi connectivity index (χ2v) is 7.13. The molecule has 3 nitrogen and oxygen atoms in total. The number of aromatic nitrogens is 2. The smallest absolute Gasteiger partial charge is 0.147 e. The van der Waals surface area contributed by atoms with Crippen LogP contribution in [0.2, 0.25) is 0 Å². The normalized spacial score (nSPS) is 13.8. The van der Waals surface area contributed by atoms with E-state index in [0.29, 0.717) is 0 Å². The number of hydrogen-bond acceptors (Lipinski definition) is 4. The quantitative estimate of drug-likeness (QED) is 0.857. The van der Waals surface area contributed by atoms with Crippen molar-refractivity contribution in [1.29, 1.82) is 0 Å². The van der Waals surface area contributed by atoms with Gasteiger partial charge in [0.15, 0.2) is 0 Å². The Bertz CT molecular complexity index is 518. The van der Waals surface area contributed by atoms with Crippen LogP contribution in [0.1, 0.15) is 27.2 Å². The Labute approximate surface area is 117 Å². The third-order valence-electron chi connectivity index (χ3n) is 2.57. The molecule has 0 saturated carbocycles. The zero-order valence-electron chi connectivity index (χ0n) is 10.9. The predicted octanol–water partition coefficient (Wildman–Crippen LogP) is 4.15. The van der Waals surface area contributed by atoms with Gasteiger partial charge >= 0.3 is 0 Å². The highest BCUT2D eigenvalue weighted by Gasteiger charge is 2.17. The zero-order valence-corrected chi connectivity index (χ0v) is 12.5. The molecule has 0 aliphatic rings. The summed E-state index contributed by atoms with van der Waals surface area (Å²) in [4.78, 5) is 8.49. The van der Waals surface area contributed by atoms with E-state index in [2.05, 4.69) is 36.1 Å². The minimum absolute atomic E-state index is 0.106. The topological polar surface area (TPSA) is 37.8 Å². The van der Waals surface area contributed by atoms with E-state index in [-0.39, 0.29) is 10.8 Å². The molecule has 0 bridgehead atoms. The lowest BCUT2D eigenvalue weighted by atomic mass is 9.90. The number of nitrogens with one attached hydrogen (secondary N) is 1. The molecule has 1 N–H and O–H groups in total. The summed E-state index contributed by atoms with van der Waals surface area (Å²) in [5, 5.41) is 5.46. The number of rotatable bonds is 4. The van der Waals surface area contributed by atoms with Gasteiger partial charge in [0, 0.05) is 6.54 Å². The van der Waals surface area contributed by atoms with E-state index >= 15 is 0 Å². The van der Waals surface area contributed by atoms with Gasteiger partial charge in [-0.15, -0.1) is 22.9 Å². The van der Waals surface area contributed by atoms with Crippen LogP contribution in [0.3, 0.4) is 0 Å². The molecule has 0 spiro atoms. The molecule has 0 amide bonds. The number of thiophene rings is 1. The lowest BCUT2D eigenvalue weighted by Gasteiger charge is -2.22. The number of hydrogen-bond donors (Lipinski definition) is 1. The van der Waals surface area contributed by atoms with Gasteiger partial charge in [-0.05, 0) is 23.3 Å². The number of nitrogens with zero attached hydrogens (tertiary/aromatic N) is 2. The Hall–Kier alpha value is -0.870. The standard InChI is InChI=1S/C13H18ClN3S/c1-13(2,3)6-9(14)7-15-12-11-10(4-5-18-11)16-8-17-12/h4-5,8-9H,6-7H2,1-3H3,(H,15,16,17). The van der Waals surface area contributed by atoms with Gasteiger partial charge in [0.1, 0.15) is 12.1 Å². The molecule has 0 aromatic carbocycles. The molecular formula is C13H18ClN3S. The third-order valence-corrected chi connectivity index (χ3v) is 3.79. The summed E-state index contributed by atoms with van der Waals surface area (Å²) < 4.78 is 1.09. The van der Waals surface area contributed by atoms with Gasteiger partial charge in [-0.2, -0.15) is 0 Å². The first-order valence-corrected chi connectivity index (χ1v) is 7.33. The average Bonchev–Trinajstić information content (AvgIpc) is 2.72. The summed E-state index contributed by atoms with van der Waals surface area (Å²) in [6.07, 6.45) is 2.56. The van der Waals surface area contributed by atoms with Crippen molar-refractivity contribution < 1.29 is 0 Å². The van der Waals surface area contributed by atoms with Gasteiger partial charge in [-0.3, -0.25) is 0 Å². The first kappa shape index (κ1) is 13.6. The van der Waals surface area contributed by atoms with Crippen LogP contribution in [0.4, 0.5) is 5.82 Å². The highest BCUT2D eigenvalue weighted by molar-refractivity contribution is 7.17. The summed E-state index contributed by atoms with van der Waals surface area (Å²) in [5.41, 5.74) is 1.23. The summed E-state index contributed by atoms with van der Waals surface area (Å²) in [6.45, 7) is 7.32. The molecular weight excluding hydrogens is 266 g/mol. The number of alkyl halides is 1. The highest BCUT2D eigenvalue weighted by atomic mass is 35.5. The van der Waals surface area contributed by atoms with Crippen molar-refractivity contribution in [3.63, 3.8) is 0 Å². The maximum absolute atomic E-state index is 6.34. The number of halogens is 1. The molecule has 0 saturated heterocycles. The number of anilines is 1. The summed E-state index contributed by atoms with van der Waals surface area (Å²) in [7, 11) is 0. The Kier molecular flexibility index (Phi) is 4.07. The lowest BCUT2D eigenvalue weighted by Crippen LogP contribution is -2.21. The Morgan fingerprint density at radius 1 is 1.39 bits per heavy atom. The van der Waals surface area contributed by atoms with E-state index in [1.807, 2.05) is 11.4 Å². The monoisotopic (exact) mass is 283 g/mol. The molecule has 0 aliphatic carbocycles. The van der Waals surface area contributed by atoms with Crippen LogP contribution < -0.4 is 5.32 Å². The van der Waals surface area contributed by atoms with Gasteiger partial charge in [0.2, 0.25) is 0 Å². The second kappa shape index (κ2) is 5.41. The van der Waals surface area contributed by atoms with Crippen molar-refractivity contribution in [2.75, 3.05) is 11.9 Å². The van der Waals surface area contributed by atoms with Crippen molar-refractivity contribution in [3.8, 4) is 0 Å². The molecule has 98 valence electrons. The molecule has 2 rings (SSSR count). The molecule has 18 heavy (non-hydrogen) atoms. The minimum atomic E-state index is 0.106. The first-order valence-electron chi connectivity index (χ1n) is 6.02. The van der Waals surface area contributed by atoms with Crippen molar-refractivity contribution in [3.05, 3.63) is 17.8 Å². The summed E-state index contributed by atoms with van der Waals surface area (Å²) in [5.74, 6) is 0.884. The van der Waals surface area contributed by atoms with Crippen molar-refractivity contribution in [1.82, 2.24) is 9.97 Å². The van der Waals surface area contributed by atoms with Crippen molar-refractivity contribution in [2.45, 2.75) is 32.6 Å². The van der Waals surface area contributed by atoms with Crippen LogP contribution in [-0.4, -0.2) is 21.9 Å². The molecule has 2 heterocycles. The molecule has 1 atom stereocenters. The molecule has 5 heteroatoms. The highest BCUT2D eigenvalue weighted by Crippen LogP contribution is 2.26. The molecule has 0 radical (unpaired) electrons. The zero-order chi connectivity index (χ0) is 13.2. The van der Waals surface area contributed by atoms with E-state index in [0.717, 1.165) is 29.0 Å². The molecule has 0 aliphatic heterocycles. The van der Waals surface area contributed by atoms with Crippen LogP contribution in [-0.2, 0) is 0 Å². The van der Waals surface area contributed by atoms with Crippen molar-refractivity contribution in [2.24, 2.45) is 5.41 Å². The predicted molar refractivity (Wildman–Crippen MR) is 79.6 cm³/mol. The van der Waals surface area contributed by atoms with Gasteiger partial charge in [-0.25, -0.2) is 9.97 Å². The second-order valence-electron chi connectivity index (χ2n) is 5.60. The minimum Gasteiger partial charge on any atom is -0.367 e. The largest absolute Gasteiger partial charge is 0.367 e. The number of fused-ring (bicyclic) bond motifs is 1. The van der Waals surface area contributed by atoms with Crippen LogP contribution in [0.15, 0.2) is 17.8 Å². The fourth-order valence-corrected chi connectivity index (χ4v) is 3.21. The van der Waals surface area contributed by atoms with Gasteiger partial charge < -0.3 is 5.32 Å². The average molecular weight is 284 g/mol.